The van der Waals surface area contributed by atoms with Crippen LogP contribution in [0.3, 0.4) is 0 Å². The number of amides is 2. The van der Waals surface area contributed by atoms with Gasteiger partial charge >= 0.3 is 6.09 Å². The van der Waals surface area contributed by atoms with E-state index in [4.69, 9.17) is 9.73 Å². The van der Waals surface area contributed by atoms with Crippen molar-refractivity contribution in [3.8, 4) is 11.3 Å². The fourth-order valence-corrected chi connectivity index (χ4v) is 8.64. The molecule has 268 valence electrons. The number of guanidine groups is 1. The number of nitrogens with zero attached hydrogens (tertiary/aromatic N) is 4. The minimum Gasteiger partial charge on any atom is -0.447 e. The van der Waals surface area contributed by atoms with E-state index in [-0.39, 0.29) is 12.0 Å². The molecule has 9 heteroatoms. The summed E-state index contributed by atoms with van der Waals surface area (Å²) in [6.45, 7) is 14.1. The Kier molecular flexibility index (Phi) is 9.66. The van der Waals surface area contributed by atoms with Crippen molar-refractivity contribution in [2.75, 3.05) is 19.6 Å². The van der Waals surface area contributed by atoms with Crippen molar-refractivity contribution in [1.29, 1.82) is 0 Å². The Hall–Kier alpha value is -4.66. The summed E-state index contributed by atoms with van der Waals surface area (Å²) in [7, 11) is 0. The number of hydrogen-bond donors (Lipinski definition) is 2. The molecule has 2 aromatic carbocycles. The van der Waals surface area contributed by atoms with Crippen LogP contribution < -0.4 is 5.32 Å². The summed E-state index contributed by atoms with van der Waals surface area (Å²) < 4.78 is 5.48. The highest BCUT2D eigenvalue weighted by Gasteiger charge is 2.47. The van der Waals surface area contributed by atoms with Gasteiger partial charge in [0.25, 0.3) is 0 Å². The predicted molar refractivity (Wildman–Crippen MR) is 203 cm³/mol. The second kappa shape index (κ2) is 14.2. The number of carbonyl (C=O) groups excluding carboxylic acids is 2. The van der Waals surface area contributed by atoms with Gasteiger partial charge in [-0.1, -0.05) is 23.3 Å². The molecule has 2 N–H and O–H groups in total. The quantitative estimate of drug-likeness (QED) is 0.145. The molecule has 3 fully saturated rings. The molecule has 3 aliphatic heterocycles. The number of hydrogen-bond acceptors (Lipinski definition) is 5. The number of nitrogens with one attached hydrogen (secondary N) is 2. The van der Waals surface area contributed by atoms with E-state index in [9.17, 15) is 9.59 Å². The van der Waals surface area contributed by atoms with Crippen LogP contribution in [0.15, 0.2) is 65.9 Å². The molecular formula is C42H52N6O3. The number of benzene rings is 2. The summed E-state index contributed by atoms with van der Waals surface area (Å²) in [5, 5.41) is 4.08. The van der Waals surface area contributed by atoms with E-state index in [0.29, 0.717) is 36.9 Å². The summed E-state index contributed by atoms with van der Waals surface area (Å²) in [5.41, 5.74) is 8.41. The van der Waals surface area contributed by atoms with Gasteiger partial charge in [0.2, 0.25) is 11.9 Å². The molecule has 2 bridgehead atoms. The summed E-state index contributed by atoms with van der Waals surface area (Å²) in [6, 6.07) is 18.0. The number of aromatic nitrogens is 2. The van der Waals surface area contributed by atoms with Crippen LogP contribution in [0.2, 0.25) is 0 Å². The van der Waals surface area contributed by atoms with Crippen molar-refractivity contribution in [1.82, 2.24) is 25.1 Å². The number of aromatic amines is 1. The Labute approximate surface area is 301 Å². The first-order valence-corrected chi connectivity index (χ1v) is 18.7. The molecule has 2 amide bonds. The van der Waals surface area contributed by atoms with Crippen molar-refractivity contribution in [3.63, 3.8) is 0 Å². The van der Waals surface area contributed by atoms with Gasteiger partial charge in [-0.25, -0.2) is 4.79 Å². The lowest BCUT2D eigenvalue weighted by Crippen LogP contribution is -2.45. The van der Waals surface area contributed by atoms with E-state index in [1.807, 2.05) is 26.2 Å². The first-order valence-electron chi connectivity index (χ1n) is 18.7. The van der Waals surface area contributed by atoms with Crippen LogP contribution in [-0.2, 0) is 21.4 Å². The molecule has 0 radical (unpaired) electrons. The van der Waals surface area contributed by atoms with E-state index >= 15 is 0 Å². The van der Waals surface area contributed by atoms with Crippen LogP contribution in [0.4, 0.5) is 4.79 Å². The maximum Gasteiger partial charge on any atom is 0.414 e. The molecule has 5 heterocycles. The third-order valence-electron chi connectivity index (χ3n) is 11.2. The van der Waals surface area contributed by atoms with Crippen molar-refractivity contribution in [2.24, 2.45) is 4.99 Å². The highest BCUT2D eigenvalue weighted by molar-refractivity contribution is 5.95. The van der Waals surface area contributed by atoms with Gasteiger partial charge in [0.05, 0.1) is 11.5 Å². The topological polar surface area (TPSA) is 103 Å². The molecule has 51 heavy (non-hydrogen) atoms. The molecule has 1 atom stereocenters. The van der Waals surface area contributed by atoms with Gasteiger partial charge in [-0.2, -0.15) is 0 Å². The van der Waals surface area contributed by atoms with Crippen LogP contribution in [0, 0.1) is 13.8 Å². The highest BCUT2D eigenvalue weighted by atomic mass is 16.6. The average molecular weight is 689 g/mol. The minimum absolute atomic E-state index is 0.239. The third kappa shape index (κ3) is 7.12. The summed E-state index contributed by atoms with van der Waals surface area (Å²) in [5.74, 6) is 1.10. The molecule has 0 spiro atoms. The fourth-order valence-electron chi connectivity index (χ4n) is 8.64. The number of carbonyl (C=O) groups is 2. The number of rotatable bonds is 8. The van der Waals surface area contributed by atoms with E-state index in [1.54, 1.807) is 0 Å². The lowest BCUT2D eigenvalue weighted by atomic mass is 9.82. The van der Waals surface area contributed by atoms with Gasteiger partial charge < -0.3 is 19.5 Å². The van der Waals surface area contributed by atoms with Gasteiger partial charge in [0, 0.05) is 66.6 Å². The van der Waals surface area contributed by atoms with Crippen LogP contribution in [0.25, 0.3) is 22.2 Å². The van der Waals surface area contributed by atoms with Crippen molar-refractivity contribution in [2.45, 2.75) is 110 Å². The Morgan fingerprint density at radius 1 is 0.980 bits per heavy atom. The Morgan fingerprint density at radius 3 is 2.33 bits per heavy atom. The summed E-state index contributed by atoms with van der Waals surface area (Å²) >= 11 is 0. The van der Waals surface area contributed by atoms with E-state index in [2.05, 4.69) is 101 Å². The highest BCUT2D eigenvalue weighted by Crippen LogP contribution is 2.42. The zero-order chi connectivity index (χ0) is 35.9. The maximum atomic E-state index is 14.1. The fraction of sp³-hybridized carbons (Fsp3) is 0.476. The normalized spacial score (nSPS) is 20.5. The van der Waals surface area contributed by atoms with Crippen molar-refractivity contribution < 1.29 is 14.3 Å². The number of aliphatic imine (C=N–C) groups is 1. The third-order valence-corrected chi connectivity index (χ3v) is 11.2. The largest absolute Gasteiger partial charge is 0.447 e. The second-order valence-corrected chi connectivity index (χ2v) is 15.7. The predicted octanol–water partition coefficient (Wildman–Crippen LogP) is 7.80. The standard InChI is InChI=1S/C42H52N6O3/c1-26(2)51-41(50)46-40(47-20-16-30(25-47)29-13-17-43-18-14-29)44-19-15-35-36-24-32(42(5,6)39(49)48-33-8-9-34(48)11-10-33)7-12-37(36)45-38(35)31-22-27(3)21-28(4)23-31/h7,12-14,17-18,21-24,26,30,33-34,45H,8-11,15-16,19-20,25H2,1-6H3,(H,44,46,50). The van der Waals surface area contributed by atoms with Crippen LogP contribution in [-0.4, -0.2) is 75.5 Å². The zero-order valence-corrected chi connectivity index (χ0v) is 31.0. The van der Waals surface area contributed by atoms with Crippen LogP contribution in [0.5, 0.6) is 0 Å². The van der Waals surface area contributed by atoms with E-state index in [1.165, 1.54) is 16.7 Å². The second-order valence-electron chi connectivity index (χ2n) is 15.7. The van der Waals surface area contributed by atoms with Crippen LogP contribution in [0.1, 0.15) is 93.5 Å². The molecule has 7 rings (SSSR count). The van der Waals surface area contributed by atoms with Gasteiger partial charge in [-0.15, -0.1) is 0 Å². The first kappa shape index (κ1) is 34.8. The summed E-state index contributed by atoms with van der Waals surface area (Å²) in [4.78, 5) is 44.4. The number of aryl methyl sites for hydroxylation is 2. The first-order chi connectivity index (χ1) is 24.5. The lowest BCUT2D eigenvalue weighted by Gasteiger charge is -2.33. The molecule has 0 saturated carbocycles. The maximum absolute atomic E-state index is 14.1. The van der Waals surface area contributed by atoms with Crippen LogP contribution >= 0.6 is 0 Å². The molecule has 1 unspecified atom stereocenters. The molecule has 2 aromatic heterocycles. The molecule has 0 aliphatic carbocycles. The summed E-state index contributed by atoms with van der Waals surface area (Å²) in [6.07, 6.45) is 9.03. The molecular weight excluding hydrogens is 637 g/mol. The smallest absolute Gasteiger partial charge is 0.414 e. The molecule has 4 aromatic rings. The average Bonchev–Trinajstić information content (AvgIpc) is 3.90. The Bertz CT molecular complexity index is 1910. The monoisotopic (exact) mass is 688 g/mol. The van der Waals surface area contributed by atoms with E-state index < -0.39 is 11.5 Å². The number of likely N-dealkylation sites (tertiary alicyclic amines) is 1. The van der Waals surface area contributed by atoms with Gasteiger partial charge in [-0.3, -0.25) is 20.1 Å². The molecule has 3 aliphatic rings. The minimum atomic E-state index is -0.652. The number of pyridine rings is 1. The number of H-pyrrole nitrogens is 1. The Balaban J connectivity index is 1.22. The van der Waals surface area contributed by atoms with Crippen molar-refractivity contribution >= 4 is 28.9 Å². The SMILES string of the molecule is Cc1cc(C)cc(-c2[nH]c3ccc(C(C)(C)C(=O)N4C5CCC4CC5)cc3c2CCN=C(NC(=O)OC(C)C)N2CCC(c3ccncc3)C2)c1. The molecule has 9 nitrogen and oxygen atoms in total. The zero-order valence-electron chi connectivity index (χ0n) is 31.0. The van der Waals surface area contributed by atoms with Crippen molar-refractivity contribution in [3.05, 3.63) is 88.7 Å². The number of alkyl carbamates (subject to hydrolysis) is 1. The Morgan fingerprint density at radius 2 is 1.67 bits per heavy atom. The number of ether oxygens (including phenoxy) is 1. The molecule has 3 saturated heterocycles. The van der Waals surface area contributed by atoms with Gasteiger partial charge in [0.1, 0.15) is 0 Å². The number of fused-ring (bicyclic) bond motifs is 3. The van der Waals surface area contributed by atoms with E-state index in [0.717, 1.165) is 78.5 Å². The van der Waals surface area contributed by atoms with Gasteiger partial charge in [-0.05, 0) is 139 Å². The van der Waals surface area contributed by atoms with Gasteiger partial charge in [0.15, 0.2) is 0 Å². The lowest BCUT2D eigenvalue weighted by molar-refractivity contribution is -0.137.